The second-order valence-electron chi connectivity index (χ2n) is 7.93. The SMILES string of the molecule is COc1ccc(/C(O)=C2\C(=O)C(=O)N(c3ccc(C)cc3C)C2c2cccnc2)c(C)c1. The Morgan fingerprint density at radius 2 is 1.81 bits per heavy atom. The number of carbonyl (C=O) groups excluding carboxylic acids is 2. The van der Waals surface area contributed by atoms with Crippen molar-refractivity contribution in [3.63, 3.8) is 0 Å². The van der Waals surface area contributed by atoms with Crippen molar-refractivity contribution >= 4 is 23.1 Å². The summed E-state index contributed by atoms with van der Waals surface area (Å²) in [7, 11) is 1.56. The van der Waals surface area contributed by atoms with Gasteiger partial charge in [0.1, 0.15) is 11.5 Å². The second-order valence-corrected chi connectivity index (χ2v) is 7.93. The maximum Gasteiger partial charge on any atom is 0.300 e. The molecule has 1 amide bonds. The standard InChI is InChI=1S/C26H24N2O4/c1-15-7-10-21(17(3)12-15)28-23(18-6-5-11-27-14-18)22(25(30)26(28)31)24(29)20-9-8-19(32-4)13-16(20)2/h5-14,23,29H,1-4H3/b24-22+. The number of methoxy groups -OCH3 is 1. The molecule has 1 aliphatic heterocycles. The zero-order valence-corrected chi connectivity index (χ0v) is 18.4. The molecule has 1 atom stereocenters. The van der Waals surface area contributed by atoms with Crippen LogP contribution in [0.5, 0.6) is 5.75 Å². The number of rotatable bonds is 4. The van der Waals surface area contributed by atoms with Crippen LogP contribution >= 0.6 is 0 Å². The molecular weight excluding hydrogens is 404 g/mol. The molecule has 32 heavy (non-hydrogen) atoms. The van der Waals surface area contributed by atoms with Crippen LogP contribution in [0.25, 0.3) is 5.76 Å². The lowest BCUT2D eigenvalue weighted by Gasteiger charge is -2.26. The highest BCUT2D eigenvalue weighted by atomic mass is 16.5. The molecule has 6 nitrogen and oxygen atoms in total. The van der Waals surface area contributed by atoms with E-state index >= 15 is 0 Å². The molecule has 1 aromatic heterocycles. The Labute approximate surface area is 186 Å². The molecule has 0 saturated carbocycles. The third-order valence-electron chi connectivity index (χ3n) is 5.75. The van der Waals surface area contributed by atoms with Crippen LogP contribution in [0.1, 0.15) is 33.9 Å². The number of nitrogens with zero attached hydrogens (tertiary/aromatic N) is 2. The van der Waals surface area contributed by atoms with Crippen molar-refractivity contribution in [2.24, 2.45) is 0 Å². The Balaban J connectivity index is 1.96. The highest BCUT2D eigenvalue weighted by molar-refractivity contribution is 6.51. The summed E-state index contributed by atoms with van der Waals surface area (Å²) in [5.41, 5.74) is 4.41. The number of benzene rings is 2. The van der Waals surface area contributed by atoms with Gasteiger partial charge < -0.3 is 9.84 Å². The van der Waals surface area contributed by atoms with E-state index < -0.39 is 17.7 Å². The fraction of sp³-hybridized carbons (Fsp3) is 0.192. The van der Waals surface area contributed by atoms with Gasteiger partial charge in [-0.25, -0.2) is 0 Å². The van der Waals surface area contributed by atoms with Crippen molar-refractivity contribution in [2.45, 2.75) is 26.8 Å². The average Bonchev–Trinajstić information content (AvgIpc) is 3.04. The van der Waals surface area contributed by atoms with Crippen molar-refractivity contribution in [3.8, 4) is 5.75 Å². The summed E-state index contributed by atoms with van der Waals surface area (Å²) >= 11 is 0. The minimum atomic E-state index is -0.799. The molecule has 2 aromatic carbocycles. The summed E-state index contributed by atoms with van der Waals surface area (Å²) < 4.78 is 5.25. The summed E-state index contributed by atoms with van der Waals surface area (Å²) in [4.78, 5) is 32.1. The third-order valence-corrected chi connectivity index (χ3v) is 5.75. The molecule has 162 valence electrons. The minimum Gasteiger partial charge on any atom is -0.507 e. The van der Waals surface area contributed by atoms with Crippen LogP contribution in [0.2, 0.25) is 0 Å². The fourth-order valence-corrected chi connectivity index (χ4v) is 4.18. The molecule has 1 unspecified atom stereocenters. The number of anilines is 1. The molecule has 0 aliphatic carbocycles. The third kappa shape index (κ3) is 3.54. The van der Waals surface area contributed by atoms with Crippen LogP contribution in [0.15, 0.2) is 66.5 Å². The Hall–Kier alpha value is -3.93. The van der Waals surface area contributed by atoms with E-state index in [1.54, 1.807) is 49.8 Å². The van der Waals surface area contributed by atoms with Gasteiger partial charge >= 0.3 is 0 Å². The number of carbonyl (C=O) groups is 2. The quantitative estimate of drug-likeness (QED) is 0.372. The molecule has 1 fully saturated rings. The number of hydrogen-bond donors (Lipinski definition) is 1. The van der Waals surface area contributed by atoms with Gasteiger partial charge in [0.15, 0.2) is 0 Å². The first-order valence-electron chi connectivity index (χ1n) is 10.3. The summed E-state index contributed by atoms with van der Waals surface area (Å²) in [6, 6.07) is 13.6. The lowest BCUT2D eigenvalue weighted by Crippen LogP contribution is -2.30. The highest BCUT2D eigenvalue weighted by Crippen LogP contribution is 2.43. The van der Waals surface area contributed by atoms with Gasteiger partial charge in [-0.2, -0.15) is 0 Å². The number of Topliss-reactive ketones (excluding diaryl/α,β-unsaturated/α-hetero) is 1. The number of ketones is 1. The minimum absolute atomic E-state index is 0.0382. The number of aliphatic hydroxyl groups is 1. The predicted molar refractivity (Wildman–Crippen MR) is 123 cm³/mol. The van der Waals surface area contributed by atoms with E-state index in [0.717, 1.165) is 16.7 Å². The first kappa shape index (κ1) is 21.3. The van der Waals surface area contributed by atoms with Gasteiger partial charge in [-0.15, -0.1) is 0 Å². The number of amides is 1. The Bertz CT molecular complexity index is 1250. The summed E-state index contributed by atoms with van der Waals surface area (Å²) in [5.74, 6) is -0.992. The maximum atomic E-state index is 13.2. The number of aryl methyl sites for hydroxylation is 3. The molecule has 0 radical (unpaired) electrons. The van der Waals surface area contributed by atoms with Crippen molar-refractivity contribution in [1.29, 1.82) is 0 Å². The predicted octanol–water partition coefficient (Wildman–Crippen LogP) is 4.64. The van der Waals surface area contributed by atoms with Crippen molar-refractivity contribution in [1.82, 2.24) is 4.98 Å². The van der Waals surface area contributed by atoms with Gasteiger partial charge in [-0.1, -0.05) is 23.8 Å². The Kier molecular flexibility index (Phi) is 5.53. The lowest BCUT2D eigenvalue weighted by atomic mass is 9.94. The number of pyridine rings is 1. The van der Waals surface area contributed by atoms with Gasteiger partial charge in [0.05, 0.1) is 18.7 Å². The van der Waals surface area contributed by atoms with Crippen LogP contribution in [-0.2, 0) is 9.59 Å². The van der Waals surface area contributed by atoms with E-state index in [4.69, 9.17) is 4.74 Å². The van der Waals surface area contributed by atoms with Gasteiger partial charge in [-0.05, 0) is 67.8 Å². The topological polar surface area (TPSA) is 79.7 Å². The summed E-state index contributed by atoms with van der Waals surface area (Å²) in [5, 5.41) is 11.3. The number of hydrogen-bond acceptors (Lipinski definition) is 5. The first-order chi connectivity index (χ1) is 15.3. The van der Waals surface area contributed by atoms with Crippen LogP contribution < -0.4 is 9.64 Å². The van der Waals surface area contributed by atoms with E-state index in [2.05, 4.69) is 4.98 Å². The Morgan fingerprint density at radius 1 is 1.03 bits per heavy atom. The maximum absolute atomic E-state index is 13.2. The molecule has 2 heterocycles. The fourth-order valence-electron chi connectivity index (χ4n) is 4.18. The average molecular weight is 428 g/mol. The highest BCUT2D eigenvalue weighted by Gasteiger charge is 2.47. The molecule has 4 rings (SSSR count). The molecule has 0 bridgehead atoms. The molecule has 1 aliphatic rings. The lowest BCUT2D eigenvalue weighted by molar-refractivity contribution is -0.132. The second kappa shape index (κ2) is 8.30. The largest absolute Gasteiger partial charge is 0.507 e. The molecule has 6 heteroatoms. The molecule has 3 aromatic rings. The normalized spacial score (nSPS) is 17.6. The number of aromatic nitrogens is 1. The van der Waals surface area contributed by atoms with E-state index in [1.807, 2.05) is 39.0 Å². The van der Waals surface area contributed by atoms with Gasteiger partial charge in [0, 0.05) is 23.6 Å². The number of aliphatic hydroxyl groups excluding tert-OH is 1. The van der Waals surface area contributed by atoms with Gasteiger partial charge in [0.25, 0.3) is 11.7 Å². The smallest absolute Gasteiger partial charge is 0.300 e. The first-order valence-corrected chi connectivity index (χ1v) is 10.3. The van der Waals surface area contributed by atoms with Gasteiger partial charge in [-0.3, -0.25) is 19.5 Å². The van der Waals surface area contributed by atoms with Crippen LogP contribution in [-0.4, -0.2) is 28.9 Å². The van der Waals surface area contributed by atoms with E-state index in [0.29, 0.717) is 22.6 Å². The Morgan fingerprint density at radius 3 is 2.44 bits per heavy atom. The van der Waals surface area contributed by atoms with E-state index in [9.17, 15) is 14.7 Å². The van der Waals surface area contributed by atoms with E-state index in [-0.39, 0.29) is 11.3 Å². The van der Waals surface area contributed by atoms with Crippen LogP contribution in [0.4, 0.5) is 5.69 Å². The monoisotopic (exact) mass is 428 g/mol. The molecule has 1 saturated heterocycles. The number of ether oxygens (including phenoxy) is 1. The van der Waals surface area contributed by atoms with E-state index in [1.165, 1.54) is 4.90 Å². The molecule has 1 N–H and O–H groups in total. The van der Waals surface area contributed by atoms with Crippen LogP contribution in [0, 0.1) is 20.8 Å². The summed E-state index contributed by atoms with van der Waals surface area (Å²) in [6.45, 7) is 5.68. The van der Waals surface area contributed by atoms with Crippen molar-refractivity contribution in [3.05, 3.63) is 94.3 Å². The molecular formula is C26H24N2O4. The zero-order valence-electron chi connectivity index (χ0n) is 18.4. The summed E-state index contributed by atoms with van der Waals surface area (Å²) in [6.07, 6.45) is 3.24. The molecule has 0 spiro atoms. The van der Waals surface area contributed by atoms with Crippen molar-refractivity contribution in [2.75, 3.05) is 12.0 Å². The van der Waals surface area contributed by atoms with Gasteiger partial charge in [0.2, 0.25) is 0 Å². The zero-order chi connectivity index (χ0) is 23.0. The van der Waals surface area contributed by atoms with Crippen LogP contribution in [0.3, 0.4) is 0 Å². The van der Waals surface area contributed by atoms with Crippen molar-refractivity contribution < 1.29 is 19.4 Å².